The molecule has 0 saturated heterocycles. The standard InChI is InChI=1S/C17H10N4O/c18-9-13-10-19-21-16(13)20-15(12-5-2-1-3-6-12)14(17(21)22)11-7-4-8-11/h1-8,10,19H. The molecular weight excluding hydrogens is 276 g/mol. The summed E-state index contributed by atoms with van der Waals surface area (Å²) in [4.78, 5) is 17.4. The molecule has 0 aliphatic heterocycles. The Morgan fingerprint density at radius 2 is 2.00 bits per heavy atom. The van der Waals surface area contributed by atoms with Crippen LogP contribution in [0.1, 0.15) is 11.1 Å². The zero-order valence-electron chi connectivity index (χ0n) is 11.4. The number of nitriles is 1. The molecule has 104 valence electrons. The molecule has 0 atom stereocenters. The number of hydrogen-bond acceptors (Lipinski definition) is 3. The lowest BCUT2D eigenvalue weighted by molar-refractivity contribution is 0.896. The Morgan fingerprint density at radius 3 is 2.64 bits per heavy atom. The minimum atomic E-state index is -0.207. The van der Waals surface area contributed by atoms with Crippen molar-refractivity contribution >= 4 is 11.2 Å². The van der Waals surface area contributed by atoms with Gasteiger partial charge in [0, 0.05) is 11.8 Å². The molecule has 1 aliphatic rings. The average molecular weight is 286 g/mol. The van der Waals surface area contributed by atoms with E-state index in [0.29, 0.717) is 22.5 Å². The summed E-state index contributed by atoms with van der Waals surface area (Å²) in [5, 5.41) is 12.0. The largest absolute Gasteiger partial charge is 0.295 e. The second-order valence-electron chi connectivity index (χ2n) is 4.95. The van der Waals surface area contributed by atoms with Crippen molar-refractivity contribution in [2.45, 2.75) is 0 Å². The Morgan fingerprint density at radius 1 is 1.23 bits per heavy atom. The Bertz CT molecular complexity index is 1050. The van der Waals surface area contributed by atoms with Gasteiger partial charge in [-0.3, -0.25) is 9.89 Å². The van der Waals surface area contributed by atoms with E-state index in [0.717, 1.165) is 11.1 Å². The van der Waals surface area contributed by atoms with Crippen molar-refractivity contribution < 1.29 is 0 Å². The van der Waals surface area contributed by atoms with Crippen LogP contribution in [0.4, 0.5) is 0 Å². The van der Waals surface area contributed by atoms with Crippen LogP contribution in [0, 0.1) is 11.3 Å². The lowest BCUT2D eigenvalue weighted by atomic mass is 9.96. The first-order valence-corrected chi connectivity index (χ1v) is 6.78. The van der Waals surface area contributed by atoms with Gasteiger partial charge in [-0.1, -0.05) is 48.6 Å². The van der Waals surface area contributed by atoms with Gasteiger partial charge in [-0.15, -0.1) is 0 Å². The number of nitrogens with zero attached hydrogens (tertiary/aromatic N) is 3. The SMILES string of the molecule is N#Cc1c[nH]n2c(=O)c(C3=CC=C3)c(-c3ccccc3)nc12. The zero-order valence-corrected chi connectivity index (χ0v) is 11.4. The van der Waals surface area contributed by atoms with Crippen molar-refractivity contribution in [3.63, 3.8) is 0 Å². The number of H-pyrrole nitrogens is 1. The summed E-state index contributed by atoms with van der Waals surface area (Å²) in [6.45, 7) is 0. The summed E-state index contributed by atoms with van der Waals surface area (Å²) >= 11 is 0. The van der Waals surface area contributed by atoms with Gasteiger partial charge in [0.2, 0.25) is 0 Å². The highest BCUT2D eigenvalue weighted by Gasteiger charge is 2.20. The molecule has 0 bridgehead atoms. The van der Waals surface area contributed by atoms with Crippen LogP contribution in [-0.4, -0.2) is 14.6 Å². The Hall–Kier alpha value is -3.39. The van der Waals surface area contributed by atoms with E-state index in [2.05, 4.69) is 16.2 Å². The molecule has 2 aromatic heterocycles. The first-order valence-electron chi connectivity index (χ1n) is 6.78. The maximum absolute atomic E-state index is 12.8. The predicted molar refractivity (Wildman–Crippen MR) is 83.1 cm³/mol. The fraction of sp³-hybridized carbons (Fsp3) is 0. The fourth-order valence-electron chi connectivity index (χ4n) is 2.52. The van der Waals surface area contributed by atoms with Crippen LogP contribution >= 0.6 is 0 Å². The minimum absolute atomic E-state index is 0.207. The number of benzene rings is 1. The Labute approximate surface area is 125 Å². The summed E-state index contributed by atoms with van der Waals surface area (Å²) in [5.74, 6) is 0. The average Bonchev–Trinajstić information content (AvgIpc) is 2.92. The van der Waals surface area contributed by atoms with Gasteiger partial charge in [0.25, 0.3) is 5.56 Å². The molecule has 0 spiro atoms. The van der Waals surface area contributed by atoms with E-state index in [1.165, 1.54) is 10.7 Å². The van der Waals surface area contributed by atoms with Crippen LogP contribution in [0.3, 0.4) is 0 Å². The third-order valence-corrected chi connectivity index (χ3v) is 3.67. The molecule has 0 unspecified atom stereocenters. The number of rotatable bonds is 2. The summed E-state index contributed by atoms with van der Waals surface area (Å²) in [7, 11) is 0. The molecule has 22 heavy (non-hydrogen) atoms. The summed E-state index contributed by atoms with van der Waals surface area (Å²) in [6.07, 6.45) is 7.14. The van der Waals surface area contributed by atoms with Crippen LogP contribution < -0.4 is 5.56 Å². The highest BCUT2D eigenvalue weighted by atomic mass is 16.1. The van der Waals surface area contributed by atoms with Crippen molar-refractivity contribution in [2.75, 3.05) is 0 Å². The second-order valence-corrected chi connectivity index (χ2v) is 4.95. The van der Waals surface area contributed by atoms with E-state index in [-0.39, 0.29) is 5.56 Å². The van der Waals surface area contributed by atoms with Crippen molar-refractivity contribution in [1.82, 2.24) is 14.6 Å². The smallest absolute Gasteiger partial charge is 0.281 e. The molecule has 1 aliphatic carbocycles. The van der Waals surface area contributed by atoms with Crippen molar-refractivity contribution in [3.8, 4) is 17.3 Å². The number of aromatic nitrogens is 3. The molecule has 3 aromatic rings. The van der Waals surface area contributed by atoms with Gasteiger partial charge < -0.3 is 0 Å². The van der Waals surface area contributed by atoms with Crippen LogP contribution in [0.25, 0.3) is 22.5 Å². The molecule has 5 heteroatoms. The second kappa shape index (κ2) is 4.57. The maximum atomic E-state index is 12.8. The van der Waals surface area contributed by atoms with Crippen molar-refractivity contribution in [2.24, 2.45) is 0 Å². The first kappa shape index (κ1) is 12.4. The zero-order chi connectivity index (χ0) is 15.1. The number of allylic oxidation sites excluding steroid dienone is 4. The number of aromatic amines is 1. The number of hydrogen-bond donors (Lipinski definition) is 1. The molecule has 4 rings (SSSR count). The molecule has 1 aromatic carbocycles. The molecule has 0 amide bonds. The van der Waals surface area contributed by atoms with Gasteiger partial charge in [-0.05, 0) is 5.57 Å². The van der Waals surface area contributed by atoms with Gasteiger partial charge in [-0.2, -0.15) is 9.78 Å². The quantitative estimate of drug-likeness (QED) is 0.786. The predicted octanol–water partition coefficient (Wildman–Crippen LogP) is 2.51. The van der Waals surface area contributed by atoms with Crippen molar-refractivity contribution in [1.29, 1.82) is 5.26 Å². The van der Waals surface area contributed by atoms with E-state index in [4.69, 9.17) is 5.26 Å². The van der Waals surface area contributed by atoms with Gasteiger partial charge in [0.05, 0.1) is 11.3 Å². The van der Waals surface area contributed by atoms with Crippen LogP contribution in [0.5, 0.6) is 0 Å². The van der Waals surface area contributed by atoms with Gasteiger partial charge in [0.15, 0.2) is 5.65 Å². The van der Waals surface area contributed by atoms with Gasteiger partial charge >= 0.3 is 0 Å². The fourth-order valence-corrected chi connectivity index (χ4v) is 2.52. The number of nitrogens with one attached hydrogen (secondary N) is 1. The first-order chi connectivity index (χ1) is 10.8. The monoisotopic (exact) mass is 286 g/mol. The third kappa shape index (κ3) is 1.64. The third-order valence-electron chi connectivity index (χ3n) is 3.67. The molecule has 5 nitrogen and oxygen atoms in total. The summed E-state index contributed by atoms with van der Waals surface area (Å²) in [6, 6.07) is 11.6. The molecule has 2 heterocycles. The Kier molecular flexibility index (Phi) is 2.57. The normalized spacial score (nSPS) is 12.8. The van der Waals surface area contributed by atoms with E-state index in [1.807, 2.05) is 48.6 Å². The highest BCUT2D eigenvalue weighted by molar-refractivity contribution is 5.88. The van der Waals surface area contributed by atoms with Crippen molar-refractivity contribution in [3.05, 3.63) is 76.2 Å². The van der Waals surface area contributed by atoms with Crippen LogP contribution in [-0.2, 0) is 0 Å². The van der Waals surface area contributed by atoms with E-state index in [9.17, 15) is 4.79 Å². The van der Waals surface area contributed by atoms with E-state index < -0.39 is 0 Å². The summed E-state index contributed by atoms with van der Waals surface area (Å²) < 4.78 is 1.31. The minimum Gasteiger partial charge on any atom is -0.295 e. The highest BCUT2D eigenvalue weighted by Crippen LogP contribution is 2.29. The lowest BCUT2D eigenvalue weighted by Crippen LogP contribution is -2.21. The molecular formula is C17H10N4O. The van der Waals surface area contributed by atoms with Gasteiger partial charge in [-0.25, -0.2) is 4.98 Å². The Balaban J connectivity index is 2.13. The van der Waals surface area contributed by atoms with E-state index in [1.54, 1.807) is 0 Å². The van der Waals surface area contributed by atoms with E-state index >= 15 is 0 Å². The number of fused-ring (bicyclic) bond motifs is 1. The lowest BCUT2D eigenvalue weighted by Gasteiger charge is -2.12. The topological polar surface area (TPSA) is 73.9 Å². The molecule has 1 N–H and O–H groups in total. The summed E-state index contributed by atoms with van der Waals surface area (Å²) in [5.41, 5.74) is 3.32. The van der Waals surface area contributed by atoms with Crippen LogP contribution in [0.15, 0.2) is 59.6 Å². The van der Waals surface area contributed by atoms with Gasteiger partial charge in [0.1, 0.15) is 11.6 Å². The molecule has 0 radical (unpaired) electrons. The van der Waals surface area contributed by atoms with Crippen LogP contribution in [0.2, 0.25) is 0 Å². The molecule has 0 fully saturated rings. The molecule has 0 saturated carbocycles. The maximum Gasteiger partial charge on any atom is 0.281 e.